The third-order valence-electron chi connectivity index (χ3n) is 2.57. The zero-order valence-corrected chi connectivity index (χ0v) is 10.6. The molecule has 0 saturated carbocycles. The van der Waals surface area contributed by atoms with Crippen molar-refractivity contribution in [3.05, 3.63) is 34.5 Å². The van der Waals surface area contributed by atoms with Gasteiger partial charge < -0.3 is 4.90 Å². The lowest BCUT2D eigenvalue weighted by molar-refractivity contribution is -0.127. The highest BCUT2D eigenvalue weighted by Gasteiger charge is 2.16. The van der Waals surface area contributed by atoms with E-state index in [9.17, 15) is 9.59 Å². The fourth-order valence-electron chi connectivity index (χ4n) is 1.58. The van der Waals surface area contributed by atoms with Gasteiger partial charge in [0.2, 0.25) is 5.91 Å². The summed E-state index contributed by atoms with van der Waals surface area (Å²) < 4.78 is 0. The second-order valence-electron chi connectivity index (χ2n) is 4.04. The molecular formula is C13H13NO2S. The summed E-state index contributed by atoms with van der Waals surface area (Å²) in [5, 5.41) is 3.94. The van der Waals surface area contributed by atoms with Gasteiger partial charge in [0.1, 0.15) is 0 Å². The molecule has 0 aliphatic rings. The minimum Gasteiger partial charge on any atom is -0.348 e. The van der Waals surface area contributed by atoms with E-state index >= 15 is 0 Å². The van der Waals surface area contributed by atoms with E-state index in [2.05, 4.69) is 0 Å². The number of benzene rings is 1. The highest BCUT2D eigenvalue weighted by atomic mass is 32.1. The van der Waals surface area contributed by atoms with E-state index in [0.29, 0.717) is 4.88 Å². The number of amides is 1. The van der Waals surface area contributed by atoms with Crippen molar-refractivity contribution in [2.75, 3.05) is 14.1 Å². The molecule has 4 heteroatoms. The van der Waals surface area contributed by atoms with Crippen LogP contribution in [0.1, 0.15) is 16.1 Å². The van der Waals surface area contributed by atoms with Gasteiger partial charge >= 0.3 is 0 Å². The third-order valence-corrected chi connectivity index (χ3v) is 3.63. The van der Waals surface area contributed by atoms with Crippen LogP contribution in [0.3, 0.4) is 0 Å². The number of Topliss-reactive ketones (excluding diaryl/α,β-unsaturated/α-hetero) is 1. The summed E-state index contributed by atoms with van der Waals surface area (Å²) >= 11 is 1.40. The molecule has 0 atom stereocenters. The van der Waals surface area contributed by atoms with Gasteiger partial charge in [-0.05, 0) is 10.8 Å². The van der Waals surface area contributed by atoms with Gasteiger partial charge in [-0.1, -0.05) is 24.3 Å². The maximum atomic E-state index is 12.0. The van der Waals surface area contributed by atoms with Crippen LogP contribution < -0.4 is 0 Å². The molecule has 0 N–H and O–H groups in total. The number of thiophene rings is 1. The summed E-state index contributed by atoms with van der Waals surface area (Å²) in [4.78, 5) is 25.6. The number of fused-ring (bicyclic) bond motifs is 1. The Bertz CT molecular complexity index is 572. The van der Waals surface area contributed by atoms with Gasteiger partial charge in [-0.2, -0.15) is 0 Å². The van der Waals surface area contributed by atoms with Crippen LogP contribution in [0.25, 0.3) is 10.8 Å². The molecule has 17 heavy (non-hydrogen) atoms. The number of ketones is 1. The van der Waals surface area contributed by atoms with Crippen LogP contribution in [0.2, 0.25) is 0 Å². The molecule has 1 amide bonds. The Labute approximate surface area is 104 Å². The fraction of sp³-hybridized carbons (Fsp3) is 0.231. The summed E-state index contributed by atoms with van der Waals surface area (Å²) in [7, 11) is 3.31. The predicted molar refractivity (Wildman–Crippen MR) is 69.5 cm³/mol. The summed E-state index contributed by atoms with van der Waals surface area (Å²) in [6, 6.07) is 7.73. The van der Waals surface area contributed by atoms with Crippen molar-refractivity contribution < 1.29 is 9.59 Å². The number of carbonyl (C=O) groups excluding carboxylic acids is 2. The number of hydrogen-bond acceptors (Lipinski definition) is 3. The van der Waals surface area contributed by atoms with Crippen molar-refractivity contribution in [3.63, 3.8) is 0 Å². The van der Waals surface area contributed by atoms with Crippen LogP contribution in [0.4, 0.5) is 0 Å². The van der Waals surface area contributed by atoms with Gasteiger partial charge in [0.05, 0.1) is 11.3 Å². The van der Waals surface area contributed by atoms with E-state index < -0.39 is 0 Å². The van der Waals surface area contributed by atoms with Crippen molar-refractivity contribution in [1.29, 1.82) is 0 Å². The predicted octanol–water partition coefficient (Wildman–Crippen LogP) is 2.56. The van der Waals surface area contributed by atoms with Gasteiger partial charge in [0.15, 0.2) is 5.78 Å². The molecule has 0 aliphatic carbocycles. The topological polar surface area (TPSA) is 37.4 Å². The zero-order chi connectivity index (χ0) is 12.4. The molecule has 3 nitrogen and oxygen atoms in total. The molecule has 0 saturated heterocycles. The Morgan fingerprint density at radius 3 is 2.65 bits per heavy atom. The summed E-state index contributed by atoms with van der Waals surface area (Å²) in [5.41, 5.74) is 0. The third kappa shape index (κ3) is 2.36. The smallest absolute Gasteiger partial charge is 0.229 e. The van der Waals surface area contributed by atoms with Crippen molar-refractivity contribution >= 4 is 33.8 Å². The number of nitrogens with zero attached hydrogens (tertiary/aromatic N) is 1. The minimum absolute atomic E-state index is 0.0580. The van der Waals surface area contributed by atoms with Crippen molar-refractivity contribution in [2.45, 2.75) is 6.42 Å². The Morgan fingerprint density at radius 1 is 1.24 bits per heavy atom. The fourth-order valence-corrected chi connectivity index (χ4v) is 2.55. The van der Waals surface area contributed by atoms with Crippen LogP contribution in [0.15, 0.2) is 29.6 Å². The van der Waals surface area contributed by atoms with E-state index in [-0.39, 0.29) is 18.1 Å². The maximum Gasteiger partial charge on any atom is 0.229 e. The van der Waals surface area contributed by atoms with Crippen LogP contribution in [0, 0.1) is 0 Å². The normalized spacial score (nSPS) is 10.5. The molecule has 1 heterocycles. The standard InChI is InChI=1S/C13H13NO2S/c1-14(2)12(16)7-11(15)13-10-6-4-3-5-9(10)8-17-13/h3-6,8H,7H2,1-2H3. The summed E-state index contributed by atoms with van der Waals surface area (Å²) in [6.45, 7) is 0. The second-order valence-corrected chi connectivity index (χ2v) is 4.92. The van der Waals surface area contributed by atoms with E-state index in [1.807, 2.05) is 29.6 Å². The largest absolute Gasteiger partial charge is 0.348 e. The van der Waals surface area contributed by atoms with E-state index in [0.717, 1.165) is 10.8 Å². The first-order valence-electron chi connectivity index (χ1n) is 5.29. The van der Waals surface area contributed by atoms with E-state index in [1.165, 1.54) is 16.2 Å². The highest BCUT2D eigenvalue weighted by molar-refractivity contribution is 7.13. The molecular weight excluding hydrogens is 234 g/mol. The average Bonchev–Trinajstić information content (AvgIpc) is 2.72. The number of hydrogen-bond donors (Lipinski definition) is 0. The first kappa shape index (κ1) is 11.8. The van der Waals surface area contributed by atoms with Crippen molar-refractivity contribution in [1.82, 2.24) is 4.90 Å². The van der Waals surface area contributed by atoms with Crippen LogP contribution in [0.5, 0.6) is 0 Å². The summed E-state index contributed by atoms with van der Waals surface area (Å²) in [6.07, 6.45) is -0.0580. The molecule has 1 aromatic heterocycles. The first-order chi connectivity index (χ1) is 8.09. The minimum atomic E-state index is -0.160. The SMILES string of the molecule is CN(C)C(=O)CC(=O)c1scc2ccccc12. The van der Waals surface area contributed by atoms with E-state index in [1.54, 1.807) is 14.1 Å². The second kappa shape index (κ2) is 4.67. The first-order valence-corrected chi connectivity index (χ1v) is 6.17. The molecule has 88 valence electrons. The van der Waals surface area contributed by atoms with Crippen LogP contribution >= 0.6 is 11.3 Å². The van der Waals surface area contributed by atoms with Gasteiger partial charge in [0, 0.05) is 19.5 Å². The Hall–Kier alpha value is -1.68. The molecule has 0 spiro atoms. The number of carbonyl (C=O) groups is 2. The Balaban J connectivity index is 2.28. The highest BCUT2D eigenvalue weighted by Crippen LogP contribution is 2.26. The molecule has 0 bridgehead atoms. The van der Waals surface area contributed by atoms with Gasteiger partial charge in [-0.25, -0.2) is 0 Å². The lowest BCUT2D eigenvalue weighted by atomic mass is 10.1. The molecule has 0 unspecified atom stereocenters. The van der Waals surface area contributed by atoms with Gasteiger partial charge in [0.25, 0.3) is 0 Å². The van der Waals surface area contributed by atoms with Gasteiger partial charge in [-0.15, -0.1) is 11.3 Å². The van der Waals surface area contributed by atoms with Gasteiger partial charge in [-0.3, -0.25) is 9.59 Å². The molecule has 1 aromatic carbocycles. The molecule has 2 rings (SSSR count). The van der Waals surface area contributed by atoms with Crippen LogP contribution in [-0.4, -0.2) is 30.7 Å². The lowest BCUT2D eigenvalue weighted by Crippen LogP contribution is -2.24. The lowest BCUT2D eigenvalue weighted by Gasteiger charge is -2.08. The average molecular weight is 247 g/mol. The Morgan fingerprint density at radius 2 is 1.94 bits per heavy atom. The number of rotatable bonds is 3. The maximum absolute atomic E-state index is 12.0. The molecule has 0 fully saturated rings. The van der Waals surface area contributed by atoms with E-state index in [4.69, 9.17) is 0 Å². The molecule has 0 radical (unpaired) electrons. The Kier molecular flexibility index (Phi) is 3.24. The van der Waals surface area contributed by atoms with Crippen LogP contribution in [-0.2, 0) is 4.79 Å². The summed E-state index contributed by atoms with van der Waals surface area (Å²) in [5.74, 6) is -0.262. The van der Waals surface area contributed by atoms with Crippen molar-refractivity contribution in [3.8, 4) is 0 Å². The molecule has 0 aliphatic heterocycles. The quantitative estimate of drug-likeness (QED) is 0.617. The monoisotopic (exact) mass is 247 g/mol. The molecule has 2 aromatic rings. The van der Waals surface area contributed by atoms with Crippen molar-refractivity contribution in [2.24, 2.45) is 0 Å². The zero-order valence-electron chi connectivity index (χ0n) is 9.77.